The fraction of sp³-hybridized carbons (Fsp3) is 0.318. The molecule has 7 heteroatoms. The van der Waals surface area contributed by atoms with Crippen molar-refractivity contribution >= 4 is 17.6 Å². The first-order valence-electron chi connectivity index (χ1n) is 9.65. The van der Waals surface area contributed by atoms with Crippen molar-refractivity contribution in [2.45, 2.75) is 26.8 Å². The van der Waals surface area contributed by atoms with Crippen LogP contribution in [0.4, 0.5) is 17.6 Å². The van der Waals surface area contributed by atoms with Gasteiger partial charge in [0.25, 0.3) is 0 Å². The standard InChI is InChI=1S/C22H28N6O/c1-15-12-16(2)14-19(13-15)29-11-10-28(4)17(3)20-25-21(23)27-22(26-20)24-18-8-6-5-7-9-18/h5-9,12-14,17H,10-11H2,1-4H3,(H3,23,24,25,26,27). The van der Waals surface area contributed by atoms with Gasteiger partial charge in [-0.15, -0.1) is 0 Å². The van der Waals surface area contributed by atoms with Crippen LogP contribution in [0, 0.1) is 13.8 Å². The van der Waals surface area contributed by atoms with Crippen LogP contribution in [0.3, 0.4) is 0 Å². The number of hydrogen-bond donors (Lipinski definition) is 2. The number of benzene rings is 2. The normalized spacial score (nSPS) is 12.0. The molecule has 29 heavy (non-hydrogen) atoms. The molecule has 3 aromatic rings. The fourth-order valence-electron chi connectivity index (χ4n) is 3.02. The number of para-hydroxylation sites is 1. The number of nitrogens with zero attached hydrogens (tertiary/aromatic N) is 4. The van der Waals surface area contributed by atoms with Gasteiger partial charge >= 0.3 is 0 Å². The lowest BCUT2D eigenvalue weighted by molar-refractivity contribution is 0.196. The van der Waals surface area contributed by atoms with Crippen LogP contribution in [0.15, 0.2) is 48.5 Å². The van der Waals surface area contributed by atoms with E-state index in [1.165, 1.54) is 11.1 Å². The summed E-state index contributed by atoms with van der Waals surface area (Å²) in [5.74, 6) is 2.14. The van der Waals surface area contributed by atoms with Crippen LogP contribution in [-0.4, -0.2) is 40.1 Å². The maximum atomic E-state index is 5.92. The Morgan fingerprint density at radius 3 is 2.41 bits per heavy atom. The first kappa shape index (κ1) is 20.5. The van der Waals surface area contributed by atoms with Crippen LogP contribution in [-0.2, 0) is 0 Å². The van der Waals surface area contributed by atoms with Gasteiger partial charge in [0.15, 0.2) is 5.82 Å². The highest BCUT2D eigenvalue weighted by Gasteiger charge is 2.17. The molecule has 0 amide bonds. The molecule has 1 aromatic heterocycles. The number of ether oxygens (including phenoxy) is 1. The second-order valence-corrected chi connectivity index (χ2v) is 7.19. The molecule has 0 aliphatic rings. The molecule has 0 saturated carbocycles. The van der Waals surface area contributed by atoms with Crippen molar-refractivity contribution in [1.82, 2.24) is 19.9 Å². The average molecular weight is 393 g/mol. The topological polar surface area (TPSA) is 89.2 Å². The van der Waals surface area contributed by atoms with Crippen molar-refractivity contribution < 1.29 is 4.74 Å². The highest BCUT2D eigenvalue weighted by molar-refractivity contribution is 5.53. The second-order valence-electron chi connectivity index (χ2n) is 7.19. The van der Waals surface area contributed by atoms with Gasteiger partial charge in [-0.1, -0.05) is 24.3 Å². The van der Waals surface area contributed by atoms with Gasteiger partial charge in [0.05, 0.1) is 6.04 Å². The molecule has 0 saturated heterocycles. The van der Waals surface area contributed by atoms with E-state index in [1.54, 1.807) is 0 Å². The predicted molar refractivity (Wildman–Crippen MR) is 116 cm³/mol. The van der Waals surface area contributed by atoms with E-state index in [2.05, 4.69) is 45.1 Å². The van der Waals surface area contributed by atoms with E-state index in [9.17, 15) is 0 Å². The van der Waals surface area contributed by atoms with Gasteiger partial charge in [0.1, 0.15) is 12.4 Å². The zero-order valence-electron chi connectivity index (χ0n) is 17.4. The monoisotopic (exact) mass is 392 g/mol. The van der Waals surface area contributed by atoms with E-state index in [1.807, 2.05) is 56.4 Å². The Bertz CT molecular complexity index is 927. The van der Waals surface area contributed by atoms with Gasteiger partial charge in [-0.05, 0) is 63.2 Å². The average Bonchev–Trinajstić information content (AvgIpc) is 2.67. The molecule has 0 fully saturated rings. The van der Waals surface area contributed by atoms with Crippen molar-refractivity contribution in [3.05, 3.63) is 65.5 Å². The van der Waals surface area contributed by atoms with Gasteiger partial charge < -0.3 is 15.8 Å². The number of aryl methyl sites for hydroxylation is 2. The summed E-state index contributed by atoms with van der Waals surface area (Å²) in [5, 5.41) is 3.17. The summed E-state index contributed by atoms with van der Waals surface area (Å²) in [4.78, 5) is 15.2. The first-order valence-corrected chi connectivity index (χ1v) is 9.65. The molecule has 152 valence electrons. The molecular weight excluding hydrogens is 364 g/mol. The second kappa shape index (κ2) is 9.34. The quantitative estimate of drug-likeness (QED) is 0.601. The molecular formula is C22H28N6O. The highest BCUT2D eigenvalue weighted by Crippen LogP contribution is 2.20. The minimum absolute atomic E-state index is 0.0422. The summed E-state index contributed by atoms with van der Waals surface area (Å²) in [5.41, 5.74) is 9.20. The maximum Gasteiger partial charge on any atom is 0.232 e. The Labute approximate surface area is 172 Å². The molecule has 0 aliphatic carbocycles. The van der Waals surface area contributed by atoms with Gasteiger partial charge in [0.2, 0.25) is 11.9 Å². The summed E-state index contributed by atoms with van der Waals surface area (Å²) in [6, 6.07) is 15.9. The van der Waals surface area contributed by atoms with Crippen LogP contribution in [0.25, 0.3) is 0 Å². The summed E-state index contributed by atoms with van der Waals surface area (Å²) >= 11 is 0. The Hall–Kier alpha value is -3.19. The van der Waals surface area contributed by atoms with Gasteiger partial charge in [-0.3, -0.25) is 4.90 Å². The molecule has 1 heterocycles. The maximum absolute atomic E-state index is 5.92. The Balaban J connectivity index is 1.61. The molecule has 1 atom stereocenters. The molecule has 0 bridgehead atoms. The fourth-order valence-corrected chi connectivity index (χ4v) is 3.02. The largest absolute Gasteiger partial charge is 0.492 e. The SMILES string of the molecule is Cc1cc(C)cc(OCCN(C)C(C)c2nc(N)nc(Nc3ccccc3)n2)c1. The van der Waals surface area contributed by atoms with Crippen LogP contribution in [0.2, 0.25) is 0 Å². The van der Waals surface area contributed by atoms with Crippen molar-refractivity contribution in [3.63, 3.8) is 0 Å². The zero-order valence-corrected chi connectivity index (χ0v) is 17.4. The minimum atomic E-state index is -0.0422. The van der Waals surface area contributed by atoms with E-state index < -0.39 is 0 Å². The van der Waals surface area contributed by atoms with E-state index >= 15 is 0 Å². The van der Waals surface area contributed by atoms with Crippen molar-refractivity contribution in [3.8, 4) is 5.75 Å². The molecule has 0 radical (unpaired) electrons. The third kappa shape index (κ3) is 5.89. The van der Waals surface area contributed by atoms with Crippen LogP contribution in [0.1, 0.15) is 29.9 Å². The van der Waals surface area contributed by atoms with Crippen LogP contribution >= 0.6 is 0 Å². The number of nitrogens with one attached hydrogen (secondary N) is 1. The number of aromatic nitrogens is 3. The lowest BCUT2D eigenvalue weighted by Gasteiger charge is -2.24. The van der Waals surface area contributed by atoms with E-state index in [4.69, 9.17) is 10.5 Å². The Morgan fingerprint density at radius 2 is 1.72 bits per heavy atom. The number of rotatable bonds is 8. The molecule has 1 unspecified atom stereocenters. The first-order chi connectivity index (χ1) is 13.9. The highest BCUT2D eigenvalue weighted by atomic mass is 16.5. The summed E-state index contributed by atoms with van der Waals surface area (Å²) in [6.45, 7) is 7.47. The number of likely N-dealkylation sites (N-methyl/N-ethyl adjacent to an activating group) is 1. The van der Waals surface area contributed by atoms with Gasteiger partial charge in [-0.2, -0.15) is 15.0 Å². The molecule has 7 nitrogen and oxygen atoms in total. The van der Waals surface area contributed by atoms with Crippen molar-refractivity contribution in [2.24, 2.45) is 0 Å². The number of hydrogen-bond acceptors (Lipinski definition) is 7. The number of anilines is 3. The Kier molecular flexibility index (Phi) is 6.61. The van der Waals surface area contributed by atoms with Crippen LogP contribution < -0.4 is 15.8 Å². The zero-order chi connectivity index (χ0) is 20.8. The van der Waals surface area contributed by atoms with Crippen molar-refractivity contribution in [2.75, 3.05) is 31.2 Å². The lowest BCUT2D eigenvalue weighted by atomic mass is 10.1. The van der Waals surface area contributed by atoms with Gasteiger partial charge in [-0.25, -0.2) is 0 Å². The van der Waals surface area contributed by atoms with Crippen molar-refractivity contribution in [1.29, 1.82) is 0 Å². The third-order valence-electron chi connectivity index (χ3n) is 4.64. The summed E-state index contributed by atoms with van der Waals surface area (Å²) in [6.07, 6.45) is 0. The lowest BCUT2D eigenvalue weighted by Crippen LogP contribution is -2.29. The molecule has 2 aromatic carbocycles. The molecule has 3 N–H and O–H groups in total. The summed E-state index contributed by atoms with van der Waals surface area (Å²) < 4.78 is 5.92. The predicted octanol–water partition coefficient (Wildman–Crippen LogP) is 3.89. The molecule has 3 rings (SSSR count). The number of nitrogen functional groups attached to an aromatic ring is 1. The molecule has 0 aliphatic heterocycles. The van der Waals surface area contributed by atoms with E-state index in [0.717, 1.165) is 18.0 Å². The molecule has 0 spiro atoms. The summed E-state index contributed by atoms with van der Waals surface area (Å²) in [7, 11) is 2.01. The van der Waals surface area contributed by atoms with Gasteiger partial charge in [0, 0.05) is 12.2 Å². The van der Waals surface area contributed by atoms with E-state index in [0.29, 0.717) is 18.4 Å². The third-order valence-corrected chi connectivity index (χ3v) is 4.64. The number of nitrogens with two attached hydrogens (primary N) is 1. The minimum Gasteiger partial charge on any atom is -0.492 e. The smallest absolute Gasteiger partial charge is 0.232 e. The van der Waals surface area contributed by atoms with E-state index in [-0.39, 0.29) is 12.0 Å². The Morgan fingerprint density at radius 1 is 1.03 bits per heavy atom. The van der Waals surface area contributed by atoms with Crippen LogP contribution in [0.5, 0.6) is 5.75 Å².